The van der Waals surface area contributed by atoms with Crippen molar-refractivity contribution in [2.45, 2.75) is 18.9 Å². The summed E-state index contributed by atoms with van der Waals surface area (Å²) in [6.45, 7) is 2.05. The zero-order chi connectivity index (χ0) is 17.4. The highest BCUT2D eigenvalue weighted by Gasteiger charge is 2.39. The minimum atomic E-state index is 0.0248. The van der Waals surface area contributed by atoms with Gasteiger partial charge in [-0.05, 0) is 30.9 Å². The Morgan fingerprint density at radius 2 is 1.80 bits per heavy atom. The van der Waals surface area contributed by atoms with E-state index in [0.29, 0.717) is 23.6 Å². The fourth-order valence-electron chi connectivity index (χ4n) is 3.96. The molecule has 2 atom stereocenters. The Morgan fingerprint density at radius 3 is 2.52 bits per heavy atom. The van der Waals surface area contributed by atoms with Crippen LogP contribution in [0.2, 0.25) is 0 Å². The van der Waals surface area contributed by atoms with E-state index in [4.69, 9.17) is 0 Å². The van der Waals surface area contributed by atoms with Gasteiger partial charge in [-0.3, -0.25) is 14.3 Å². The van der Waals surface area contributed by atoms with E-state index in [-0.39, 0.29) is 17.9 Å². The van der Waals surface area contributed by atoms with Gasteiger partial charge in [-0.15, -0.1) is 0 Å². The van der Waals surface area contributed by atoms with Crippen molar-refractivity contribution in [1.29, 1.82) is 0 Å². The number of piperidine rings is 1. The molecular weight excluding hydrogens is 316 g/mol. The van der Waals surface area contributed by atoms with Crippen LogP contribution in [0.15, 0.2) is 42.7 Å². The van der Waals surface area contributed by atoms with Crippen molar-refractivity contribution in [3.63, 3.8) is 0 Å². The van der Waals surface area contributed by atoms with Gasteiger partial charge in [-0.1, -0.05) is 18.2 Å². The molecule has 1 aromatic carbocycles. The summed E-state index contributed by atoms with van der Waals surface area (Å²) >= 11 is 0. The van der Waals surface area contributed by atoms with Crippen molar-refractivity contribution in [3.05, 3.63) is 53.9 Å². The highest BCUT2D eigenvalue weighted by molar-refractivity contribution is 5.95. The summed E-state index contributed by atoms with van der Waals surface area (Å²) in [5.41, 5.74) is 1.34. The number of amides is 2. The number of hydrogen-bond acceptors (Lipinski definition) is 3. The molecule has 0 aliphatic carbocycles. The normalized spacial score (nSPS) is 22.8. The number of benzene rings is 1. The van der Waals surface area contributed by atoms with E-state index in [1.54, 1.807) is 17.1 Å². The van der Waals surface area contributed by atoms with Crippen molar-refractivity contribution in [2.75, 3.05) is 19.6 Å². The molecular formula is C19H22N4O2. The van der Waals surface area contributed by atoms with Crippen molar-refractivity contribution in [2.24, 2.45) is 13.0 Å². The van der Waals surface area contributed by atoms with E-state index in [1.165, 1.54) is 0 Å². The first-order valence-corrected chi connectivity index (χ1v) is 8.76. The Kier molecular flexibility index (Phi) is 4.03. The SMILES string of the molecule is Cn1cc(C(=O)N2C[C@H]3CC[C@@H]2CN(C(=O)c2ccccc2)C3)cn1. The number of rotatable bonds is 2. The van der Waals surface area contributed by atoms with Gasteiger partial charge >= 0.3 is 0 Å². The summed E-state index contributed by atoms with van der Waals surface area (Å²) in [7, 11) is 1.81. The third-order valence-electron chi connectivity index (χ3n) is 5.23. The Bertz CT molecular complexity index is 786. The second-order valence-corrected chi connectivity index (χ2v) is 7.03. The number of carbonyl (C=O) groups excluding carboxylic acids is 2. The van der Waals surface area contributed by atoms with Gasteiger partial charge in [-0.2, -0.15) is 5.10 Å². The molecule has 0 N–H and O–H groups in total. The van der Waals surface area contributed by atoms with Crippen molar-refractivity contribution >= 4 is 11.8 Å². The first kappa shape index (κ1) is 15.9. The number of aryl methyl sites for hydroxylation is 1. The molecule has 2 aromatic rings. The maximum Gasteiger partial charge on any atom is 0.257 e. The number of hydrogen-bond donors (Lipinski definition) is 0. The monoisotopic (exact) mass is 338 g/mol. The summed E-state index contributed by atoms with van der Waals surface area (Å²) in [5.74, 6) is 0.428. The molecule has 25 heavy (non-hydrogen) atoms. The molecule has 1 aromatic heterocycles. The fourth-order valence-corrected chi connectivity index (χ4v) is 3.96. The molecule has 2 bridgehead atoms. The highest BCUT2D eigenvalue weighted by Crippen LogP contribution is 2.30. The third kappa shape index (κ3) is 3.04. The second kappa shape index (κ2) is 6.35. The Labute approximate surface area is 147 Å². The van der Waals surface area contributed by atoms with Gasteiger partial charge < -0.3 is 9.80 Å². The van der Waals surface area contributed by atoms with E-state index >= 15 is 0 Å². The van der Waals surface area contributed by atoms with Gasteiger partial charge in [0.1, 0.15) is 0 Å². The van der Waals surface area contributed by atoms with Gasteiger partial charge in [-0.25, -0.2) is 0 Å². The molecule has 3 saturated heterocycles. The van der Waals surface area contributed by atoms with Crippen LogP contribution in [-0.4, -0.2) is 57.1 Å². The molecule has 0 saturated carbocycles. The van der Waals surface area contributed by atoms with Gasteiger partial charge in [0.2, 0.25) is 0 Å². The summed E-state index contributed by atoms with van der Waals surface area (Å²) in [5, 5.41) is 4.11. The summed E-state index contributed by atoms with van der Waals surface area (Å²) in [4.78, 5) is 29.6. The van der Waals surface area contributed by atoms with E-state index in [2.05, 4.69) is 5.10 Å². The first-order chi connectivity index (χ1) is 12.1. The van der Waals surface area contributed by atoms with Crippen molar-refractivity contribution in [1.82, 2.24) is 19.6 Å². The van der Waals surface area contributed by atoms with Gasteiger partial charge in [0, 0.05) is 44.5 Å². The molecule has 2 amide bonds. The molecule has 3 fully saturated rings. The van der Waals surface area contributed by atoms with Crippen molar-refractivity contribution in [3.8, 4) is 0 Å². The zero-order valence-electron chi connectivity index (χ0n) is 14.3. The van der Waals surface area contributed by atoms with Crippen LogP contribution in [0.5, 0.6) is 0 Å². The smallest absolute Gasteiger partial charge is 0.257 e. The Morgan fingerprint density at radius 1 is 1.00 bits per heavy atom. The number of nitrogens with zero attached hydrogens (tertiary/aromatic N) is 4. The van der Waals surface area contributed by atoms with E-state index in [9.17, 15) is 9.59 Å². The quantitative estimate of drug-likeness (QED) is 0.839. The molecule has 6 nitrogen and oxygen atoms in total. The standard InChI is InChI=1S/C19H22N4O2/c1-21-12-16(9-20-21)19(25)23-11-14-7-8-17(23)13-22(10-14)18(24)15-5-3-2-4-6-15/h2-6,9,12,14,17H,7-8,10-11,13H2,1H3/t14-,17+/m0/s1. The van der Waals surface area contributed by atoms with Crippen LogP contribution in [0.25, 0.3) is 0 Å². The second-order valence-electron chi connectivity index (χ2n) is 7.03. The lowest BCUT2D eigenvalue weighted by Crippen LogP contribution is -2.47. The van der Waals surface area contributed by atoms with Gasteiger partial charge in [0.15, 0.2) is 0 Å². The molecule has 5 rings (SSSR count). The van der Waals surface area contributed by atoms with Crippen LogP contribution in [0.3, 0.4) is 0 Å². The predicted octanol–water partition coefficient (Wildman–Crippen LogP) is 1.80. The van der Waals surface area contributed by atoms with Crippen LogP contribution in [0.4, 0.5) is 0 Å². The number of carbonyl (C=O) groups is 2. The lowest BCUT2D eigenvalue weighted by molar-refractivity contribution is 0.0574. The average molecular weight is 338 g/mol. The number of aromatic nitrogens is 2. The summed E-state index contributed by atoms with van der Waals surface area (Å²) in [6, 6.07) is 9.48. The van der Waals surface area contributed by atoms with Crippen molar-refractivity contribution < 1.29 is 9.59 Å². The molecule has 3 aliphatic heterocycles. The Balaban J connectivity index is 1.54. The van der Waals surface area contributed by atoms with Crippen LogP contribution >= 0.6 is 0 Å². The summed E-state index contributed by atoms with van der Waals surface area (Å²) in [6.07, 6.45) is 5.40. The molecule has 0 spiro atoms. The van der Waals surface area contributed by atoms with Gasteiger partial charge in [0.25, 0.3) is 11.8 Å². The lowest BCUT2D eigenvalue weighted by Gasteiger charge is -2.35. The van der Waals surface area contributed by atoms with Gasteiger partial charge in [0.05, 0.1) is 11.8 Å². The number of fused-ring (bicyclic) bond motifs is 4. The predicted molar refractivity (Wildman–Crippen MR) is 93.1 cm³/mol. The molecule has 6 heteroatoms. The maximum atomic E-state index is 12.9. The third-order valence-corrected chi connectivity index (χ3v) is 5.23. The zero-order valence-corrected chi connectivity index (χ0v) is 14.3. The van der Waals surface area contributed by atoms with Crippen LogP contribution in [0.1, 0.15) is 33.6 Å². The largest absolute Gasteiger partial charge is 0.336 e. The lowest BCUT2D eigenvalue weighted by atomic mass is 9.94. The maximum absolute atomic E-state index is 12.9. The van der Waals surface area contributed by atoms with Crippen LogP contribution in [-0.2, 0) is 7.05 Å². The van der Waals surface area contributed by atoms with Crippen LogP contribution in [0, 0.1) is 5.92 Å². The van der Waals surface area contributed by atoms with E-state index in [1.807, 2.05) is 47.2 Å². The molecule has 130 valence electrons. The molecule has 3 aliphatic rings. The minimum Gasteiger partial charge on any atom is -0.336 e. The van der Waals surface area contributed by atoms with E-state index in [0.717, 1.165) is 25.9 Å². The molecule has 0 radical (unpaired) electrons. The Hall–Kier alpha value is -2.63. The average Bonchev–Trinajstić information content (AvgIpc) is 2.88. The topological polar surface area (TPSA) is 58.4 Å². The van der Waals surface area contributed by atoms with E-state index < -0.39 is 0 Å². The minimum absolute atomic E-state index is 0.0248. The summed E-state index contributed by atoms with van der Waals surface area (Å²) < 4.78 is 1.65. The van der Waals surface area contributed by atoms with Crippen LogP contribution < -0.4 is 0 Å². The highest BCUT2D eigenvalue weighted by atomic mass is 16.2. The fraction of sp³-hybridized carbons (Fsp3) is 0.421. The molecule has 4 heterocycles. The first-order valence-electron chi connectivity index (χ1n) is 8.76. The molecule has 0 unspecified atom stereocenters.